The van der Waals surface area contributed by atoms with E-state index in [-0.39, 0.29) is 5.41 Å². The Hall–Kier alpha value is 0.1000. The van der Waals surface area contributed by atoms with E-state index in [1.807, 2.05) is 0 Å². The molecule has 15 heavy (non-hydrogen) atoms. The van der Waals surface area contributed by atoms with Crippen LogP contribution in [-0.2, 0) is 0 Å². The number of rotatable bonds is 4. The predicted molar refractivity (Wildman–Crippen MR) is 67.2 cm³/mol. The molecule has 2 rings (SSSR count). The molecule has 0 saturated heterocycles. The normalized spacial score (nSPS) is 20.6. The van der Waals surface area contributed by atoms with Crippen molar-refractivity contribution in [2.45, 2.75) is 18.9 Å². The minimum Gasteiger partial charge on any atom is -0.396 e. The number of hydrogen-bond donors (Lipinski definition) is 1. The predicted octanol–water partition coefficient (Wildman–Crippen LogP) is 2.89. The standard InChI is InChI=1S/C11H16BrNOS/c1-13(2)10(11(7-14)5-6-11)8-3-4-9(12)15-8/h3-4,10,14H,5-7H2,1-2H3. The van der Waals surface area contributed by atoms with Crippen molar-refractivity contribution in [2.75, 3.05) is 20.7 Å². The van der Waals surface area contributed by atoms with Gasteiger partial charge in [-0.3, -0.25) is 0 Å². The Kier molecular flexibility index (Phi) is 3.22. The van der Waals surface area contributed by atoms with Gasteiger partial charge in [0.15, 0.2) is 0 Å². The van der Waals surface area contributed by atoms with Crippen LogP contribution in [0.1, 0.15) is 23.8 Å². The monoisotopic (exact) mass is 289 g/mol. The zero-order chi connectivity index (χ0) is 11.1. The molecule has 0 spiro atoms. The van der Waals surface area contributed by atoms with Crippen LogP contribution < -0.4 is 0 Å². The molecule has 1 aliphatic rings. The number of thiophene rings is 1. The van der Waals surface area contributed by atoms with Gasteiger partial charge in [-0.1, -0.05) is 0 Å². The van der Waals surface area contributed by atoms with E-state index in [2.05, 4.69) is 47.1 Å². The van der Waals surface area contributed by atoms with Crippen LogP contribution in [0.5, 0.6) is 0 Å². The van der Waals surface area contributed by atoms with Crippen molar-refractivity contribution in [3.63, 3.8) is 0 Å². The van der Waals surface area contributed by atoms with Crippen molar-refractivity contribution in [1.82, 2.24) is 4.90 Å². The second kappa shape index (κ2) is 4.17. The number of aliphatic hydroxyl groups excluding tert-OH is 1. The first-order valence-corrected chi connectivity index (χ1v) is 6.72. The lowest BCUT2D eigenvalue weighted by molar-refractivity contribution is 0.118. The van der Waals surface area contributed by atoms with Gasteiger partial charge >= 0.3 is 0 Å². The second-order valence-electron chi connectivity index (χ2n) is 4.53. The Morgan fingerprint density at radius 3 is 2.53 bits per heavy atom. The van der Waals surface area contributed by atoms with Gasteiger partial charge in [0, 0.05) is 10.3 Å². The van der Waals surface area contributed by atoms with Crippen LogP contribution in [0.15, 0.2) is 15.9 Å². The number of halogens is 1. The Bertz CT molecular complexity index is 346. The van der Waals surface area contributed by atoms with Crippen LogP contribution >= 0.6 is 27.3 Å². The van der Waals surface area contributed by atoms with Gasteiger partial charge in [0.2, 0.25) is 0 Å². The average molecular weight is 290 g/mol. The molecule has 1 atom stereocenters. The molecule has 1 heterocycles. The molecular formula is C11H16BrNOS. The van der Waals surface area contributed by atoms with Gasteiger partial charge in [-0.2, -0.15) is 0 Å². The minimum absolute atomic E-state index is 0.119. The minimum atomic E-state index is 0.119. The van der Waals surface area contributed by atoms with E-state index in [0.717, 1.165) is 16.6 Å². The summed E-state index contributed by atoms with van der Waals surface area (Å²) in [5.74, 6) is 0. The Morgan fingerprint density at radius 2 is 2.20 bits per heavy atom. The fourth-order valence-corrected chi connectivity index (χ4v) is 4.02. The molecule has 4 heteroatoms. The van der Waals surface area contributed by atoms with Crippen molar-refractivity contribution in [2.24, 2.45) is 5.41 Å². The lowest BCUT2D eigenvalue weighted by Crippen LogP contribution is -2.30. The number of aliphatic hydroxyl groups is 1. The van der Waals surface area contributed by atoms with E-state index in [4.69, 9.17) is 0 Å². The van der Waals surface area contributed by atoms with E-state index < -0.39 is 0 Å². The highest BCUT2D eigenvalue weighted by Crippen LogP contribution is 2.57. The van der Waals surface area contributed by atoms with Crippen LogP contribution in [0.4, 0.5) is 0 Å². The molecule has 2 nitrogen and oxygen atoms in total. The maximum Gasteiger partial charge on any atom is 0.0701 e. The zero-order valence-electron chi connectivity index (χ0n) is 9.03. The summed E-state index contributed by atoms with van der Waals surface area (Å²) >= 11 is 5.27. The third-order valence-corrected chi connectivity index (χ3v) is 4.84. The van der Waals surface area contributed by atoms with Gasteiger partial charge in [-0.05, 0) is 55.0 Å². The molecule has 0 bridgehead atoms. The highest BCUT2D eigenvalue weighted by Gasteiger charge is 2.50. The summed E-state index contributed by atoms with van der Waals surface area (Å²) in [5.41, 5.74) is 0.119. The van der Waals surface area contributed by atoms with Crippen LogP contribution in [0.3, 0.4) is 0 Å². The third-order valence-electron chi connectivity index (χ3n) is 3.17. The SMILES string of the molecule is CN(C)C(c1ccc(Br)s1)C1(CO)CC1. The van der Waals surface area contributed by atoms with Crippen molar-refractivity contribution < 1.29 is 5.11 Å². The number of hydrogen-bond acceptors (Lipinski definition) is 3. The molecule has 0 aromatic carbocycles. The lowest BCUT2D eigenvalue weighted by Gasteiger charge is -2.30. The van der Waals surface area contributed by atoms with Gasteiger partial charge in [0.1, 0.15) is 0 Å². The quantitative estimate of drug-likeness (QED) is 0.921. The molecule has 1 N–H and O–H groups in total. The van der Waals surface area contributed by atoms with Crippen molar-refractivity contribution >= 4 is 27.3 Å². The summed E-state index contributed by atoms with van der Waals surface area (Å²) in [6, 6.07) is 4.61. The zero-order valence-corrected chi connectivity index (χ0v) is 11.4. The third kappa shape index (κ3) is 2.13. The lowest BCUT2D eigenvalue weighted by atomic mass is 9.95. The van der Waals surface area contributed by atoms with Crippen molar-refractivity contribution in [1.29, 1.82) is 0 Å². The topological polar surface area (TPSA) is 23.5 Å². The molecule has 1 aliphatic carbocycles. The van der Waals surface area contributed by atoms with Crippen LogP contribution in [0, 0.1) is 5.41 Å². The Morgan fingerprint density at radius 1 is 1.53 bits per heavy atom. The summed E-state index contributed by atoms with van der Waals surface area (Å²) in [7, 11) is 4.18. The molecule has 1 aromatic heterocycles. The molecule has 1 unspecified atom stereocenters. The van der Waals surface area contributed by atoms with Crippen LogP contribution in [-0.4, -0.2) is 30.7 Å². The summed E-state index contributed by atoms with van der Waals surface area (Å²) < 4.78 is 1.16. The van der Waals surface area contributed by atoms with E-state index in [1.165, 1.54) is 4.88 Å². The fraction of sp³-hybridized carbons (Fsp3) is 0.636. The van der Waals surface area contributed by atoms with E-state index in [1.54, 1.807) is 11.3 Å². The molecule has 1 fully saturated rings. The van der Waals surface area contributed by atoms with Gasteiger partial charge in [0.25, 0.3) is 0 Å². The maximum absolute atomic E-state index is 9.51. The van der Waals surface area contributed by atoms with Gasteiger partial charge < -0.3 is 10.0 Å². The smallest absolute Gasteiger partial charge is 0.0701 e. The highest BCUT2D eigenvalue weighted by molar-refractivity contribution is 9.11. The summed E-state index contributed by atoms with van der Waals surface area (Å²) in [4.78, 5) is 3.57. The summed E-state index contributed by atoms with van der Waals surface area (Å²) in [6.07, 6.45) is 2.28. The van der Waals surface area contributed by atoms with E-state index in [9.17, 15) is 5.11 Å². The molecule has 0 aliphatic heterocycles. The fourth-order valence-electron chi connectivity index (χ4n) is 2.26. The molecular weight excluding hydrogens is 274 g/mol. The van der Waals surface area contributed by atoms with Gasteiger partial charge in [-0.15, -0.1) is 11.3 Å². The van der Waals surface area contributed by atoms with Crippen LogP contribution in [0.25, 0.3) is 0 Å². The summed E-state index contributed by atoms with van der Waals surface area (Å²) in [5, 5.41) is 9.51. The van der Waals surface area contributed by atoms with Crippen molar-refractivity contribution in [3.8, 4) is 0 Å². The Labute approximate surface area is 103 Å². The molecule has 1 aromatic rings. The molecule has 84 valence electrons. The van der Waals surface area contributed by atoms with E-state index >= 15 is 0 Å². The maximum atomic E-state index is 9.51. The number of nitrogens with zero attached hydrogens (tertiary/aromatic N) is 1. The molecule has 0 amide bonds. The second-order valence-corrected chi connectivity index (χ2v) is 7.02. The van der Waals surface area contributed by atoms with Gasteiger partial charge in [0.05, 0.1) is 16.4 Å². The molecule has 0 radical (unpaired) electrons. The van der Waals surface area contributed by atoms with Crippen LogP contribution in [0.2, 0.25) is 0 Å². The first-order valence-electron chi connectivity index (χ1n) is 5.11. The first kappa shape index (κ1) is 11.6. The van der Waals surface area contributed by atoms with Crippen molar-refractivity contribution in [3.05, 3.63) is 20.8 Å². The van der Waals surface area contributed by atoms with Gasteiger partial charge in [-0.25, -0.2) is 0 Å². The largest absolute Gasteiger partial charge is 0.396 e. The Balaban J connectivity index is 2.28. The molecule has 1 saturated carbocycles. The first-order chi connectivity index (χ1) is 7.09. The average Bonchev–Trinajstić information content (AvgIpc) is 2.84. The van der Waals surface area contributed by atoms with E-state index in [0.29, 0.717) is 12.6 Å². The highest BCUT2D eigenvalue weighted by atomic mass is 79.9. The summed E-state index contributed by atoms with van der Waals surface area (Å²) in [6.45, 7) is 0.297.